The topological polar surface area (TPSA) is 96.7 Å². The van der Waals surface area contributed by atoms with Crippen LogP contribution in [0.4, 0.5) is 5.95 Å². The number of anilines is 1. The molecule has 0 unspecified atom stereocenters. The SMILES string of the molecule is COc1ccc(-n2nc(C)cc2C)c(-c2nc3cc(-c4cnc(N)nc4)ccc3n2C(C)(C)C)c1. The Hall–Kier alpha value is -4.20. The predicted octanol–water partition coefficient (Wildman–Crippen LogP) is 5.31. The van der Waals surface area contributed by atoms with Crippen molar-refractivity contribution in [3.63, 3.8) is 0 Å². The molecule has 2 N–H and O–H groups in total. The van der Waals surface area contributed by atoms with Crippen LogP contribution in [-0.2, 0) is 5.54 Å². The van der Waals surface area contributed by atoms with E-state index in [9.17, 15) is 0 Å². The molecule has 35 heavy (non-hydrogen) atoms. The van der Waals surface area contributed by atoms with Gasteiger partial charge in [-0.05, 0) is 76.6 Å². The van der Waals surface area contributed by atoms with Gasteiger partial charge in [-0.1, -0.05) is 6.07 Å². The van der Waals surface area contributed by atoms with Crippen LogP contribution in [0.1, 0.15) is 32.2 Å². The number of nitrogens with zero attached hydrogens (tertiary/aromatic N) is 6. The van der Waals surface area contributed by atoms with Crippen LogP contribution in [0.25, 0.3) is 39.2 Å². The van der Waals surface area contributed by atoms with Crippen LogP contribution in [0.3, 0.4) is 0 Å². The minimum Gasteiger partial charge on any atom is -0.497 e. The van der Waals surface area contributed by atoms with E-state index < -0.39 is 0 Å². The number of methoxy groups -OCH3 is 1. The van der Waals surface area contributed by atoms with Gasteiger partial charge in [-0.2, -0.15) is 5.10 Å². The Bertz CT molecular complexity index is 1540. The minimum absolute atomic E-state index is 0.231. The minimum atomic E-state index is -0.231. The van der Waals surface area contributed by atoms with Crippen molar-refractivity contribution in [1.82, 2.24) is 29.3 Å². The molecule has 0 fully saturated rings. The van der Waals surface area contributed by atoms with E-state index in [0.29, 0.717) is 0 Å². The number of hydrogen-bond acceptors (Lipinski definition) is 6. The summed E-state index contributed by atoms with van der Waals surface area (Å²) in [4.78, 5) is 13.4. The van der Waals surface area contributed by atoms with Crippen molar-refractivity contribution in [1.29, 1.82) is 0 Å². The quantitative estimate of drug-likeness (QED) is 0.385. The van der Waals surface area contributed by atoms with Crippen LogP contribution < -0.4 is 10.5 Å². The number of aryl methyl sites for hydroxylation is 2. The highest BCUT2D eigenvalue weighted by Crippen LogP contribution is 2.37. The highest BCUT2D eigenvalue weighted by atomic mass is 16.5. The molecule has 5 aromatic rings. The van der Waals surface area contributed by atoms with Crippen LogP contribution >= 0.6 is 0 Å². The zero-order valence-electron chi connectivity index (χ0n) is 20.9. The maximum atomic E-state index is 5.67. The molecule has 0 saturated carbocycles. The van der Waals surface area contributed by atoms with Gasteiger partial charge in [0, 0.05) is 34.8 Å². The Morgan fingerprint density at radius 1 is 0.914 bits per heavy atom. The summed E-state index contributed by atoms with van der Waals surface area (Å²) in [7, 11) is 1.68. The summed E-state index contributed by atoms with van der Waals surface area (Å²) in [6.07, 6.45) is 3.46. The zero-order chi connectivity index (χ0) is 24.9. The second kappa shape index (κ2) is 8.23. The molecule has 0 bridgehead atoms. The van der Waals surface area contributed by atoms with Crippen LogP contribution in [0, 0.1) is 13.8 Å². The number of hydrogen-bond donors (Lipinski definition) is 1. The van der Waals surface area contributed by atoms with Crippen LogP contribution in [0.2, 0.25) is 0 Å². The van der Waals surface area contributed by atoms with E-state index in [0.717, 1.165) is 56.4 Å². The number of nitrogen functional groups attached to an aromatic ring is 1. The monoisotopic (exact) mass is 467 g/mol. The Balaban J connectivity index is 1.79. The molecule has 0 spiro atoms. The Kier molecular flexibility index (Phi) is 5.31. The summed E-state index contributed by atoms with van der Waals surface area (Å²) in [6.45, 7) is 10.6. The average molecular weight is 468 g/mol. The lowest BCUT2D eigenvalue weighted by atomic mass is 10.0. The first kappa shape index (κ1) is 22.6. The Morgan fingerprint density at radius 2 is 1.66 bits per heavy atom. The molecule has 0 aliphatic rings. The summed E-state index contributed by atoms with van der Waals surface area (Å²) in [5.74, 6) is 1.86. The van der Waals surface area contributed by atoms with E-state index >= 15 is 0 Å². The van der Waals surface area contributed by atoms with Gasteiger partial charge in [0.25, 0.3) is 0 Å². The fourth-order valence-electron chi connectivity index (χ4n) is 4.49. The first-order chi connectivity index (χ1) is 16.7. The van der Waals surface area contributed by atoms with E-state index in [-0.39, 0.29) is 11.5 Å². The van der Waals surface area contributed by atoms with Crippen molar-refractivity contribution in [2.75, 3.05) is 12.8 Å². The molecule has 2 aromatic carbocycles. The molecule has 8 heteroatoms. The summed E-state index contributed by atoms with van der Waals surface area (Å²) in [5, 5.41) is 4.74. The van der Waals surface area contributed by atoms with Gasteiger partial charge in [-0.25, -0.2) is 19.6 Å². The van der Waals surface area contributed by atoms with E-state index in [1.807, 2.05) is 29.8 Å². The molecule has 0 aliphatic heterocycles. The lowest BCUT2D eigenvalue weighted by Gasteiger charge is -2.25. The molecule has 0 amide bonds. The number of rotatable bonds is 4. The van der Waals surface area contributed by atoms with Gasteiger partial charge >= 0.3 is 0 Å². The Labute approximate surface area is 204 Å². The first-order valence-corrected chi connectivity index (χ1v) is 11.5. The smallest absolute Gasteiger partial charge is 0.219 e. The van der Waals surface area contributed by atoms with E-state index in [4.69, 9.17) is 20.6 Å². The maximum Gasteiger partial charge on any atom is 0.219 e. The molecule has 0 saturated heterocycles. The van der Waals surface area contributed by atoms with Crippen molar-refractivity contribution in [2.45, 2.75) is 40.2 Å². The number of fused-ring (bicyclic) bond motifs is 1. The second-order valence-corrected chi connectivity index (χ2v) is 9.70. The fraction of sp³-hybridized carbons (Fsp3) is 0.259. The summed E-state index contributed by atoms with van der Waals surface area (Å²) >= 11 is 0. The maximum absolute atomic E-state index is 5.67. The highest BCUT2D eigenvalue weighted by molar-refractivity contribution is 5.87. The second-order valence-electron chi connectivity index (χ2n) is 9.70. The molecule has 0 atom stereocenters. The van der Waals surface area contributed by atoms with Gasteiger partial charge in [0.2, 0.25) is 5.95 Å². The Morgan fingerprint density at radius 3 is 2.29 bits per heavy atom. The van der Waals surface area contributed by atoms with Gasteiger partial charge in [0.05, 0.1) is 29.5 Å². The van der Waals surface area contributed by atoms with Crippen molar-refractivity contribution in [3.8, 4) is 34.0 Å². The molecule has 8 nitrogen and oxygen atoms in total. The molecule has 3 aromatic heterocycles. The van der Waals surface area contributed by atoms with Crippen LogP contribution in [0.5, 0.6) is 5.75 Å². The first-order valence-electron chi connectivity index (χ1n) is 11.5. The van der Waals surface area contributed by atoms with Crippen molar-refractivity contribution >= 4 is 17.0 Å². The fourth-order valence-corrected chi connectivity index (χ4v) is 4.49. The molecule has 0 aliphatic carbocycles. The van der Waals surface area contributed by atoms with Crippen LogP contribution in [-0.4, -0.2) is 36.4 Å². The molecular weight excluding hydrogens is 438 g/mol. The summed E-state index contributed by atoms with van der Waals surface area (Å²) in [6, 6.07) is 14.3. The van der Waals surface area contributed by atoms with Crippen molar-refractivity contribution < 1.29 is 4.74 Å². The van der Waals surface area contributed by atoms with Gasteiger partial charge in [-0.3, -0.25) is 0 Å². The van der Waals surface area contributed by atoms with Crippen LogP contribution in [0.15, 0.2) is 54.9 Å². The third kappa shape index (κ3) is 4.01. The number of aromatic nitrogens is 6. The number of nitrogens with two attached hydrogens (primary N) is 1. The lowest BCUT2D eigenvalue weighted by Crippen LogP contribution is -2.23. The largest absolute Gasteiger partial charge is 0.497 e. The van der Waals surface area contributed by atoms with E-state index in [1.165, 1.54) is 0 Å². The van der Waals surface area contributed by atoms with Gasteiger partial charge in [0.15, 0.2) is 0 Å². The highest BCUT2D eigenvalue weighted by Gasteiger charge is 2.25. The molecule has 178 valence electrons. The zero-order valence-corrected chi connectivity index (χ0v) is 20.9. The van der Waals surface area contributed by atoms with Gasteiger partial charge < -0.3 is 15.0 Å². The third-order valence-electron chi connectivity index (χ3n) is 6.01. The molecular formula is C27H29N7O. The molecule has 0 radical (unpaired) electrons. The summed E-state index contributed by atoms with van der Waals surface area (Å²) < 4.78 is 9.84. The van der Waals surface area contributed by atoms with Crippen molar-refractivity contribution in [3.05, 3.63) is 66.2 Å². The number of imidazole rings is 1. The van der Waals surface area contributed by atoms with Gasteiger partial charge in [0.1, 0.15) is 11.6 Å². The number of benzene rings is 2. The van der Waals surface area contributed by atoms with E-state index in [2.05, 4.69) is 66.5 Å². The number of ether oxygens (including phenoxy) is 1. The standard InChI is InChI=1S/C27H29N7O/c1-16-11-17(2)34(32-16)23-10-8-20(35-6)13-21(23)25-31-22-12-18(19-14-29-26(28)30-15-19)7-9-24(22)33(25)27(3,4)5/h7-15H,1-6H3,(H2,28,29,30). The normalized spacial score (nSPS) is 11.8. The predicted molar refractivity (Wildman–Crippen MR) is 139 cm³/mol. The third-order valence-corrected chi connectivity index (χ3v) is 6.01. The molecule has 3 heterocycles. The van der Waals surface area contributed by atoms with E-state index in [1.54, 1.807) is 19.5 Å². The van der Waals surface area contributed by atoms with Gasteiger partial charge in [-0.15, -0.1) is 0 Å². The lowest BCUT2D eigenvalue weighted by molar-refractivity contribution is 0.410. The molecule has 5 rings (SSSR count). The van der Waals surface area contributed by atoms with Crippen molar-refractivity contribution in [2.24, 2.45) is 0 Å². The average Bonchev–Trinajstić information content (AvgIpc) is 3.37. The summed E-state index contributed by atoms with van der Waals surface area (Å²) in [5.41, 5.74) is 13.1.